The van der Waals surface area contributed by atoms with Crippen LogP contribution in [0.3, 0.4) is 0 Å². The molecule has 0 aliphatic rings. The van der Waals surface area contributed by atoms with Gasteiger partial charge in [0.1, 0.15) is 5.75 Å². The molecule has 1 aromatic rings. The van der Waals surface area contributed by atoms with E-state index in [0.29, 0.717) is 6.61 Å². The summed E-state index contributed by atoms with van der Waals surface area (Å²) in [5.41, 5.74) is 4.03. The fraction of sp³-hybridized carbons (Fsp3) is 0.571. The van der Waals surface area contributed by atoms with Crippen molar-refractivity contribution in [2.45, 2.75) is 32.7 Å². The molecule has 1 atom stereocenters. The van der Waals surface area contributed by atoms with Crippen molar-refractivity contribution in [3.8, 4) is 5.75 Å². The minimum Gasteiger partial charge on any atom is -0.494 e. The molecule has 102 valence electrons. The standard InChI is InChI=1S/C14H24N2O2/c1-3-17-11-5-6-14(16-15)12-7-9-13(10-8-12)18-4-2/h7-10,14,16H,3-6,11,15H2,1-2H3. The zero-order valence-corrected chi connectivity index (χ0v) is 11.3. The highest BCUT2D eigenvalue weighted by atomic mass is 16.5. The third-order valence-electron chi connectivity index (χ3n) is 2.78. The molecule has 0 bridgehead atoms. The number of hydrogen-bond donors (Lipinski definition) is 2. The average Bonchev–Trinajstić information content (AvgIpc) is 2.41. The van der Waals surface area contributed by atoms with Gasteiger partial charge in [-0.3, -0.25) is 11.3 Å². The van der Waals surface area contributed by atoms with Crippen LogP contribution in [0.25, 0.3) is 0 Å². The van der Waals surface area contributed by atoms with Crippen LogP contribution in [-0.4, -0.2) is 19.8 Å². The first kappa shape index (κ1) is 15.0. The van der Waals surface area contributed by atoms with Gasteiger partial charge in [0.05, 0.1) is 6.61 Å². The lowest BCUT2D eigenvalue weighted by atomic mass is 10.0. The molecular weight excluding hydrogens is 228 g/mol. The van der Waals surface area contributed by atoms with Crippen molar-refractivity contribution in [3.05, 3.63) is 29.8 Å². The molecule has 0 radical (unpaired) electrons. The third-order valence-corrected chi connectivity index (χ3v) is 2.78. The highest BCUT2D eigenvalue weighted by Crippen LogP contribution is 2.20. The van der Waals surface area contributed by atoms with E-state index in [9.17, 15) is 0 Å². The van der Waals surface area contributed by atoms with Crippen LogP contribution in [0.5, 0.6) is 5.75 Å². The van der Waals surface area contributed by atoms with Crippen molar-refractivity contribution in [3.63, 3.8) is 0 Å². The normalized spacial score (nSPS) is 12.4. The Morgan fingerprint density at radius 1 is 1.17 bits per heavy atom. The van der Waals surface area contributed by atoms with Crippen LogP contribution in [0.15, 0.2) is 24.3 Å². The van der Waals surface area contributed by atoms with E-state index in [1.54, 1.807) is 0 Å². The quantitative estimate of drug-likeness (QED) is 0.402. The van der Waals surface area contributed by atoms with Crippen molar-refractivity contribution in [2.24, 2.45) is 5.84 Å². The van der Waals surface area contributed by atoms with Gasteiger partial charge in [0.25, 0.3) is 0 Å². The Morgan fingerprint density at radius 2 is 1.89 bits per heavy atom. The van der Waals surface area contributed by atoms with Crippen molar-refractivity contribution in [2.75, 3.05) is 19.8 Å². The van der Waals surface area contributed by atoms with Crippen LogP contribution >= 0.6 is 0 Å². The molecule has 4 heteroatoms. The average molecular weight is 252 g/mol. The van der Waals surface area contributed by atoms with Gasteiger partial charge >= 0.3 is 0 Å². The van der Waals surface area contributed by atoms with Gasteiger partial charge in [-0.25, -0.2) is 0 Å². The Balaban J connectivity index is 2.48. The summed E-state index contributed by atoms with van der Waals surface area (Å²) >= 11 is 0. The van der Waals surface area contributed by atoms with Crippen LogP contribution < -0.4 is 16.0 Å². The van der Waals surface area contributed by atoms with E-state index in [1.807, 2.05) is 26.0 Å². The zero-order valence-electron chi connectivity index (χ0n) is 11.3. The number of nitrogens with one attached hydrogen (secondary N) is 1. The van der Waals surface area contributed by atoms with Gasteiger partial charge in [0.2, 0.25) is 0 Å². The highest BCUT2D eigenvalue weighted by Gasteiger charge is 2.09. The molecule has 0 spiro atoms. The van der Waals surface area contributed by atoms with Crippen LogP contribution in [0.1, 0.15) is 38.3 Å². The second-order valence-corrected chi connectivity index (χ2v) is 4.06. The zero-order chi connectivity index (χ0) is 13.2. The van der Waals surface area contributed by atoms with Crippen LogP contribution in [-0.2, 0) is 4.74 Å². The molecule has 18 heavy (non-hydrogen) atoms. The summed E-state index contributed by atoms with van der Waals surface area (Å²) in [4.78, 5) is 0. The highest BCUT2D eigenvalue weighted by molar-refractivity contribution is 5.29. The molecule has 0 amide bonds. The first-order valence-electron chi connectivity index (χ1n) is 6.58. The smallest absolute Gasteiger partial charge is 0.119 e. The summed E-state index contributed by atoms with van der Waals surface area (Å²) < 4.78 is 10.7. The van der Waals surface area contributed by atoms with E-state index < -0.39 is 0 Å². The van der Waals surface area contributed by atoms with Crippen molar-refractivity contribution in [1.29, 1.82) is 0 Å². The van der Waals surface area contributed by atoms with Gasteiger partial charge in [0.15, 0.2) is 0 Å². The molecule has 1 rings (SSSR count). The summed E-state index contributed by atoms with van der Waals surface area (Å²) in [5.74, 6) is 6.49. The largest absolute Gasteiger partial charge is 0.494 e. The van der Waals surface area contributed by atoms with E-state index in [0.717, 1.165) is 31.8 Å². The summed E-state index contributed by atoms with van der Waals surface area (Å²) in [5, 5.41) is 0. The number of nitrogens with two attached hydrogens (primary N) is 1. The predicted molar refractivity (Wildman–Crippen MR) is 73.4 cm³/mol. The predicted octanol–water partition coefficient (Wildman–Crippen LogP) is 2.41. The summed E-state index contributed by atoms with van der Waals surface area (Å²) in [7, 11) is 0. The summed E-state index contributed by atoms with van der Waals surface area (Å²) in [6, 6.07) is 8.23. The van der Waals surface area contributed by atoms with E-state index >= 15 is 0 Å². The summed E-state index contributed by atoms with van der Waals surface area (Å²) in [6.45, 7) is 6.22. The van der Waals surface area contributed by atoms with E-state index in [-0.39, 0.29) is 6.04 Å². The van der Waals surface area contributed by atoms with Crippen molar-refractivity contribution >= 4 is 0 Å². The second-order valence-electron chi connectivity index (χ2n) is 4.06. The van der Waals surface area contributed by atoms with Crippen LogP contribution in [0.2, 0.25) is 0 Å². The number of ether oxygens (including phenoxy) is 2. The van der Waals surface area contributed by atoms with Crippen molar-refractivity contribution in [1.82, 2.24) is 5.43 Å². The fourth-order valence-electron chi connectivity index (χ4n) is 1.84. The van der Waals surface area contributed by atoms with Crippen molar-refractivity contribution < 1.29 is 9.47 Å². The second kappa shape index (κ2) is 8.91. The first-order chi connectivity index (χ1) is 8.81. The van der Waals surface area contributed by atoms with E-state index in [4.69, 9.17) is 15.3 Å². The first-order valence-corrected chi connectivity index (χ1v) is 6.58. The lowest BCUT2D eigenvalue weighted by Gasteiger charge is -2.16. The molecule has 0 saturated carbocycles. The Labute approximate surface area is 109 Å². The van der Waals surface area contributed by atoms with Gasteiger partial charge in [-0.1, -0.05) is 12.1 Å². The monoisotopic (exact) mass is 252 g/mol. The Hall–Kier alpha value is -1.10. The Bertz CT molecular complexity index is 314. The minimum atomic E-state index is 0.168. The molecule has 0 saturated heterocycles. The molecule has 0 heterocycles. The molecule has 0 fully saturated rings. The molecule has 3 N–H and O–H groups in total. The molecule has 0 aliphatic heterocycles. The molecule has 1 aromatic carbocycles. The van der Waals surface area contributed by atoms with Gasteiger partial charge in [-0.05, 0) is 44.4 Å². The summed E-state index contributed by atoms with van der Waals surface area (Å²) in [6.07, 6.45) is 1.96. The molecule has 0 aromatic heterocycles. The van der Waals surface area contributed by atoms with Gasteiger partial charge in [0, 0.05) is 19.3 Å². The minimum absolute atomic E-state index is 0.168. The van der Waals surface area contributed by atoms with E-state index in [1.165, 1.54) is 5.56 Å². The number of hydrazine groups is 1. The Morgan fingerprint density at radius 3 is 2.44 bits per heavy atom. The Kier molecular flexibility index (Phi) is 7.41. The van der Waals surface area contributed by atoms with Gasteiger partial charge < -0.3 is 9.47 Å². The molecule has 0 aliphatic carbocycles. The number of rotatable bonds is 9. The maximum Gasteiger partial charge on any atom is 0.119 e. The number of benzene rings is 1. The SMILES string of the molecule is CCOCCCC(NN)c1ccc(OCC)cc1. The molecule has 1 unspecified atom stereocenters. The molecular formula is C14H24N2O2. The van der Waals surface area contributed by atoms with Gasteiger partial charge in [-0.15, -0.1) is 0 Å². The van der Waals surface area contributed by atoms with Crippen LogP contribution in [0, 0.1) is 0 Å². The maximum absolute atomic E-state index is 5.59. The number of hydrogen-bond acceptors (Lipinski definition) is 4. The lowest BCUT2D eigenvalue weighted by Crippen LogP contribution is -2.28. The van der Waals surface area contributed by atoms with Crippen LogP contribution in [0.4, 0.5) is 0 Å². The van der Waals surface area contributed by atoms with E-state index in [2.05, 4.69) is 17.6 Å². The third kappa shape index (κ3) is 5.04. The lowest BCUT2D eigenvalue weighted by molar-refractivity contribution is 0.141. The van der Waals surface area contributed by atoms with Gasteiger partial charge in [-0.2, -0.15) is 0 Å². The topological polar surface area (TPSA) is 56.5 Å². The maximum atomic E-state index is 5.59. The fourth-order valence-corrected chi connectivity index (χ4v) is 1.84. The molecule has 4 nitrogen and oxygen atoms in total.